The monoisotopic (exact) mass is 270 g/mol. The summed E-state index contributed by atoms with van der Waals surface area (Å²) in [5.74, 6) is -1.46. The van der Waals surface area contributed by atoms with Crippen LogP contribution in [-0.4, -0.2) is 46.4 Å². The van der Waals surface area contributed by atoms with Gasteiger partial charge >= 0.3 is 5.97 Å². The molecular formula is C13H22N2O4. The SMILES string of the molecule is CCCC(=O)N1CCCCC1C(=O)NC(C)C(=O)O. The first kappa shape index (κ1) is 15.5. The van der Waals surface area contributed by atoms with Crippen LogP contribution in [0.5, 0.6) is 0 Å². The van der Waals surface area contributed by atoms with Gasteiger partial charge in [0.2, 0.25) is 11.8 Å². The van der Waals surface area contributed by atoms with E-state index in [-0.39, 0.29) is 11.8 Å². The van der Waals surface area contributed by atoms with E-state index in [1.54, 1.807) is 4.90 Å². The summed E-state index contributed by atoms with van der Waals surface area (Å²) < 4.78 is 0. The Labute approximate surface area is 113 Å². The molecule has 2 N–H and O–H groups in total. The molecule has 2 atom stereocenters. The van der Waals surface area contributed by atoms with Crippen molar-refractivity contribution in [2.24, 2.45) is 0 Å². The third kappa shape index (κ3) is 4.22. The van der Waals surface area contributed by atoms with E-state index in [1.165, 1.54) is 6.92 Å². The summed E-state index contributed by atoms with van der Waals surface area (Å²) in [5, 5.41) is 11.2. The lowest BCUT2D eigenvalue weighted by Crippen LogP contribution is -2.54. The quantitative estimate of drug-likeness (QED) is 0.772. The number of nitrogens with zero attached hydrogens (tertiary/aromatic N) is 1. The summed E-state index contributed by atoms with van der Waals surface area (Å²) in [6.45, 7) is 3.92. The maximum atomic E-state index is 12.1. The molecule has 0 aromatic heterocycles. The van der Waals surface area contributed by atoms with Crippen molar-refractivity contribution in [1.82, 2.24) is 10.2 Å². The lowest BCUT2D eigenvalue weighted by molar-refractivity contribution is -0.145. The van der Waals surface area contributed by atoms with Crippen LogP contribution in [0.4, 0.5) is 0 Å². The second kappa shape index (κ2) is 7.11. The zero-order valence-corrected chi connectivity index (χ0v) is 11.5. The van der Waals surface area contributed by atoms with Crippen LogP contribution in [0.15, 0.2) is 0 Å². The first-order valence-corrected chi connectivity index (χ1v) is 6.80. The number of aliphatic carboxylic acids is 1. The smallest absolute Gasteiger partial charge is 0.325 e. The van der Waals surface area contributed by atoms with Gasteiger partial charge in [-0.25, -0.2) is 0 Å². The van der Waals surface area contributed by atoms with Gasteiger partial charge in [-0.2, -0.15) is 0 Å². The van der Waals surface area contributed by atoms with Crippen molar-refractivity contribution in [3.63, 3.8) is 0 Å². The fourth-order valence-corrected chi connectivity index (χ4v) is 2.23. The molecule has 0 aliphatic carbocycles. The van der Waals surface area contributed by atoms with Gasteiger partial charge in [-0.1, -0.05) is 6.92 Å². The summed E-state index contributed by atoms with van der Waals surface area (Å²) in [4.78, 5) is 36.4. The number of carbonyl (C=O) groups is 3. The molecule has 0 spiro atoms. The third-order valence-electron chi connectivity index (χ3n) is 3.32. The zero-order chi connectivity index (χ0) is 14.4. The number of piperidine rings is 1. The number of rotatable bonds is 5. The van der Waals surface area contributed by atoms with Gasteiger partial charge in [-0.05, 0) is 32.6 Å². The zero-order valence-electron chi connectivity index (χ0n) is 11.5. The molecule has 6 nitrogen and oxygen atoms in total. The molecule has 1 heterocycles. The normalized spacial score (nSPS) is 20.7. The van der Waals surface area contributed by atoms with E-state index in [4.69, 9.17) is 5.11 Å². The predicted octanol–water partition coefficient (Wildman–Crippen LogP) is 0.757. The minimum Gasteiger partial charge on any atom is -0.480 e. The van der Waals surface area contributed by atoms with Crippen molar-refractivity contribution in [2.45, 2.75) is 58.0 Å². The first-order valence-electron chi connectivity index (χ1n) is 6.80. The Morgan fingerprint density at radius 2 is 2.05 bits per heavy atom. The highest BCUT2D eigenvalue weighted by atomic mass is 16.4. The lowest BCUT2D eigenvalue weighted by atomic mass is 10.0. The average molecular weight is 270 g/mol. The Morgan fingerprint density at radius 1 is 1.37 bits per heavy atom. The molecule has 0 bridgehead atoms. The molecule has 6 heteroatoms. The molecule has 0 radical (unpaired) electrons. The number of hydrogen-bond acceptors (Lipinski definition) is 3. The maximum absolute atomic E-state index is 12.1. The van der Waals surface area contributed by atoms with Crippen molar-refractivity contribution in [1.29, 1.82) is 0 Å². The van der Waals surface area contributed by atoms with Crippen molar-refractivity contribution in [2.75, 3.05) is 6.54 Å². The maximum Gasteiger partial charge on any atom is 0.325 e. The highest BCUT2D eigenvalue weighted by Crippen LogP contribution is 2.18. The van der Waals surface area contributed by atoms with Gasteiger partial charge < -0.3 is 15.3 Å². The number of nitrogens with one attached hydrogen (secondary N) is 1. The Balaban J connectivity index is 2.68. The van der Waals surface area contributed by atoms with Crippen LogP contribution in [-0.2, 0) is 14.4 Å². The average Bonchev–Trinajstić information content (AvgIpc) is 2.38. The topological polar surface area (TPSA) is 86.7 Å². The van der Waals surface area contributed by atoms with Crippen LogP contribution in [0.2, 0.25) is 0 Å². The van der Waals surface area contributed by atoms with Gasteiger partial charge in [0, 0.05) is 13.0 Å². The second-order valence-corrected chi connectivity index (χ2v) is 4.92. The molecule has 2 unspecified atom stereocenters. The number of amides is 2. The molecule has 2 amide bonds. The fraction of sp³-hybridized carbons (Fsp3) is 0.769. The number of hydrogen-bond donors (Lipinski definition) is 2. The Kier molecular flexibility index (Phi) is 5.79. The molecule has 1 saturated heterocycles. The Morgan fingerprint density at radius 3 is 2.63 bits per heavy atom. The van der Waals surface area contributed by atoms with Crippen molar-refractivity contribution in [3.05, 3.63) is 0 Å². The summed E-state index contributed by atoms with van der Waals surface area (Å²) in [7, 11) is 0. The van der Waals surface area contributed by atoms with E-state index in [1.807, 2.05) is 6.92 Å². The van der Waals surface area contributed by atoms with Crippen molar-refractivity contribution >= 4 is 17.8 Å². The molecule has 0 aromatic carbocycles. The number of carboxylic acid groups (broad SMARTS) is 1. The van der Waals surface area contributed by atoms with Gasteiger partial charge in [0.05, 0.1) is 0 Å². The standard InChI is InChI=1S/C13H22N2O4/c1-3-6-11(16)15-8-5-4-7-10(15)12(17)14-9(2)13(18)19/h9-10H,3-8H2,1-2H3,(H,14,17)(H,18,19). The number of likely N-dealkylation sites (tertiary alicyclic amines) is 1. The van der Waals surface area contributed by atoms with Gasteiger partial charge in [0.15, 0.2) is 0 Å². The summed E-state index contributed by atoms with van der Waals surface area (Å²) >= 11 is 0. The Bertz CT molecular complexity index is 357. The molecular weight excluding hydrogens is 248 g/mol. The molecule has 19 heavy (non-hydrogen) atoms. The van der Waals surface area contributed by atoms with Gasteiger partial charge in [0.1, 0.15) is 12.1 Å². The molecule has 1 rings (SSSR count). The lowest BCUT2D eigenvalue weighted by Gasteiger charge is -2.35. The summed E-state index contributed by atoms with van der Waals surface area (Å²) in [6.07, 6.45) is 3.56. The highest BCUT2D eigenvalue weighted by molar-refractivity contribution is 5.90. The van der Waals surface area contributed by atoms with E-state index in [0.717, 1.165) is 19.3 Å². The third-order valence-corrected chi connectivity index (χ3v) is 3.32. The molecule has 1 aliphatic heterocycles. The highest BCUT2D eigenvalue weighted by Gasteiger charge is 2.32. The molecule has 1 fully saturated rings. The van der Waals surface area contributed by atoms with Gasteiger partial charge in [-0.15, -0.1) is 0 Å². The number of carbonyl (C=O) groups excluding carboxylic acids is 2. The van der Waals surface area contributed by atoms with Crippen LogP contribution in [0.1, 0.15) is 46.0 Å². The number of carboxylic acids is 1. The van der Waals surface area contributed by atoms with Gasteiger partial charge in [-0.3, -0.25) is 14.4 Å². The van der Waals surface area contributed by atoms with E-state index in [0.29, 0.717) is 19.4 Å². The van der Waals surface area contributed by atoms with E-state index >= 15 is 0 Å². The largest absolute Gasteiger partial charge is 0.480 e. The minimum absolute atomic E-state index is 0.0228. The second-order valence-electron chi connectivity index (χ2n) is 4.92. The summed E-state index contributed by atoms with van der Waals surface area (Å²) in [6, 6.07) is -1.45. The minimum atomic E-state index is -1.07. The predicted molar refractivity (Wildman–Crippen MR) is 69.5 cm³/mol. The van der Waals surface area contributed by atoms with E-state index in [2.05, 4.69) is 5.32 Å². The molecule has 108 valence electrons. The van der Waals surface area contributed by atoms with Crippen LogP contribution in [0, 0.1) is 0 Å². The summed E-state index contributed by atoms with van der Waals surface area (Å²) in [5.41, 5.74) is 0. The van der Waals surface area contributed by atoms with Crippen LogP contribution >= 0.6 is 0 Å². The van der Waals surface area contributed by atoms with Crippen molar-refractivity contribution in [3.8, 4) is 0 Å². The molecule has 0 aromatic rings. The van der Waals surface area contributed by atoms with Gasteiger partial charge in [0.25, 0.3) is 0 Å². The fourth-order valence-electron chi connectivity index (χ4n) is 2.23. The van der Waals surface area contributed by atoms with Crippen LogP contribution < -0.4 is 5.32 Å². The Hall–Kier alpha value is -1.59. The van der Waals surface area contributed by atoms with Crippen molar-refractivity contribution < 1.29 is 19.5 Å². The van der Waals surface area contributed by atoms with Crippen LogP contribution in [0.3, 0.4) is 0 Å². The van der Waals surface area contributed by atoms with E-state index < -0.39 is 18.1 Å². The first-order chi connectivity index (χ1) is 8.97. The van der Waals surface area contributed by atoms with E-state index in [9.17, 15) is 14.4 Å². The molecule has 0 saturated carbocycles. The molecule has 1 aliphatic rings. The van der Waals surface area contributed by atoms with Crippen LogP contribution in [0.25, 0.3) is 0 Å².